The summed E-state index contributed by atoms with van der Waals surface area (Å²) in [5.41, 5.74) is 1.20. The number of anilines is 2. The van der Waals surface area contributed by atoms with Crippen molar-refractivity contribution in [1.29, 1.82) is 0 Å². The fourth-order valence-corrected chi connectivity index (χ4v) is 4.68. The molecule has 26 heavy (non-hydrogen) atoms. The molecular formula is C17H19ClN6S2. The zero-order chi connectivity index (χ0) is 17.9. The maximum Gasteiger partial charge on any atom is 0.208 e. The van der Waals surface area contributed by atoms with Crippen LogP contribution in [0.15, 0.2) is 24.3 Å². The van der Waals surface area contributed by atoms with E-state index in [1.165, 1.54) is 17.1 Å². The normalized spacial score (nSPS) is 14.8. The van der Waals surface area contributed by atoms with Crippen molar-refractivity contribution >= 4 is 44.7 Å². The number of piperazine rings is 1. The van der Waals surface area contributed by atoms with Crippen LogP contribution < -0.4 is 9.80 Å². The van der Waals surface area contributed by atoms with E-state index in [-0.39, 0.29) is 0 Å². The van der Waals surface area contributed by atoms with Crippen LogP contribution in [0.5, 0.6) is 0 Å². The van der Waals surface area contributed by atoms with Gasteiger partial charge in [0.25, 0.3) is 0 Å². The van der Waals surface area contributed by atoms with Crippen LogP contribution in [-0.2, 0) is 12.8 Å². The number of hydrogen-bond acceptors (Lipinski definition) is 8. The number of nitrogens with zero attached hydrogens (tertiary/aromatic N) is 6. The number of hydrogen-bond donors (Lipinski definition) is 0. The lowest BCUT2D eigenvalue weighted by molar-refractivity contribution is 0.647. The summed E-state index contributed by atoms with van der Waals surface area (Å²) in [6.07, 6.45) is 1.68. The van der Waals surface area contributed by atoms with Gasteiger partial charge < -0.3 is 9.80 Å². The van der Waals surface area contributed by atoms with Crippen LogP contribution in [0.2, 0.25) is 5.02 Å². The highest BCUT2D eigenvalue weighted by molar-refractivity contribution is 7.15. The number of halogens is 1. The molecule has 0 spiro atoms. The molecule has 2 aromatic heterocycles. The van der Waals surface area contributed by atoms with E-state index < -0.39 is 0 Å². The van der Waals surface area contributed by atoms with E-state index in [0.29, 0.717) is 0 Å². The fraction of sp³-hybridized carbons (Fsp3) is 0.412. The molecule has 0 amide bonds. The average molecular weight is 407 g/mol. The Labute approximate surface area is 165 Å². The molecule has 136 valence electrons. The lowest BCUT2D eigenvalue weighted by Crippen LogP contribution is -2.46. The molecule has 1 fully saturated rings. The zero-order valence-corrected chi connectivity index (χ0v) is 16.8. The molecule has 9 heteroatoms. The molecule has 0 aliphatic carbocycles. The second-order valence-corrected chi connectivity index (χ2v) is 8.31. The van der Waals surface area contributed by atoms with E-state index in [9.17, 15) is 0 Å². The van der Waals surface area contributed by atoms with Crippen LogP contribution in [0.1, 0.15) is 23.3 Å². The lowest BCUT2D eigenvalue weighted by Gasteiger charge is -2.33. The molecule has 0 radical (unpaired) electrons. The van der Waals surface area contributed by atoms with Crippen molar-refractivity contribution in [2.45, 2.75) is 19.8 Å². The third-order valence-corrected chi connectivity index (χ3v) is 6.37. The van der Waals surface area contributed by atoms with Crippen LogP contribution in [0, 0.1) is 0 Å². The Hall–Kier alpha value is -1.77. The second-order valence-electron chi connectivity index (χ2n) is 6.10. The van der Waals surface area contributed by atoms with Crippen LogP contribution in [0.4, 0.5) is 10.3 Å². The Morgan fingerprint density at radius 2 is 1.69 bits per heavy atom. The Balaban J connectivity index is 1.36. The van der Waals surface area contributed by atoms with E-state index in [2.05, 4.69) is 36.3 Å². The van der Waals surface area contributed by atoms with Gasteiger partial charge in [-0.1, -0.05) is 42.0 Å². The van der Waals surface area contributed by atoms with E-state index in [0.717, 1.165) is 65.1 Å². The van der Waals surface area contributed by atoms with Gasteiger partial charge >= 0.3 is 0 Å². The molecule has 1 aliphatic rings. The monoisotopic (exact) mass is 406 g/mol. The maximum absolute atomic E-state index is 5.94. The van der Waals surface area contributed by atoms with Gasteiger partial charge in [-0.05, 0) is 17.7 Å². The first-order valence-corrected chi connectivity index (χ1v) is 10.6. The molecule has 0 unspecified atom stereocenters. The minimum absolute atomic E-state index is 0.756. The van der Waals surface area contributed by atoms with Gasteiger partial charge in [0.15, 0.2) is 0 Å². The van der Waals surface area contributed by atoms with Crippen LogP contribution >= 0.6 is 34.5 Å². The van der Waals surface area contributed by atoms with Gasteiger partial charge in [0, 0.05) is 55.6 Å². The number of aryl methyl sites for hydroxylation is 1. The Morgan fingerprint density at radius 1 is 1.00 bits per heavy atom. The van der Waals surface area contributed by atoms with Gasteiger partial charge in [0.05, 0.1) is 0 Å². The molecular weight excluding hydrogens is 388 g/mol. The van der Waals surface area contributed by atoms with Gasteiger partial charge in [-0.15, -0.1) is 10.2 Å². The first-order valence-electron chi connectivity index (χ1n) is 8.60. The zero-order valence-electron chi connectivity index (χ0n) is 14.4. The molecule has 0 bridgehead atoms. The summed E-state index contributed by atoms with van der Waals surface area (Å²) in [5, 5.41) is 12.6. The smallest absolute Gasteiger partial charge is 0.208 e. The minimum Gasteiger partial charge on any atom is -0.343 e. The molecule has 0 saturated carbocycles. The highest BCUT2D eigenvalue weighted by Gasteiger charge is 2.22. The largest absolute Gasteiger partial charge is 0.343 e. The minimum atomic E-state index is 0.756. The first kappa shape index (κ1) is 17.6. The van der Waals surface area contributed by atoms with Crippen LogP contribution in [0.25, 0.3) is 0 Å². The molecule has 1 aromatic carbocycles. The molecule has 1 aliphatic heterocycles. The van der Waals surface area contributed by atoms with E-state index >= 15 is 0 Å². The van der Waals surface area contributed by atoms with Gasteiger partial charge in [-0.2, -0.15) is 4.37 Å². The average Bonchev–Trinajstić information content (AvgIpc) is 3.33. The number of benzene rings is 1. The van der Waals surface area contributed by atoms with Gasteiger partial charge in [-0.3, -0.25) is 0 Å². The first-order chi connectivity index (χ1) is 12.7. The second kappa shape index (κ2) is 7.85. The molecule has 0 N–H and O–H groups in total. The topological polar surface area (TPSA) is 58.0 Å². The molecule has 3 heterocycles. The Morgan fingerprint density at radius 3 is 2.35 bits per heavy atom. The highest BCUT2D eigenvalue weighted by atomic mass is 35.5. The van der Waals surface area contributed by atoms with Crippen molar-refractivity contribution in [2.24, 2.45) is 0 Å². The highest BCUT2D eigenvalue weighted by Crippen LogP contribution is 2.26. The molecule has 4 rings (SSSR count). The molecule has 3 aromatic rings. The van der Waals surface area contributed by atoms with Crippen molar-refractivity contribution in [2.75, 3.05) is 36.0 Å². The van der Waals surface area contributed by atoms with Crippen LogP contribution in [0.3, 0.4) is 0 Å². The Bertz CT molecular complexity index is 854. The summed E-state index contributed by atoms with van der Waals surface area (Å²) in [6.45, 7) is 5.81. The van der Waals surface area contributed by atoms with Crippen molar-refractivity contribution in [1.82, 2.24) is 19.6 Å². The van der Waals surface area contributed by atoms with Crippen molar-refractivity contribution in [3.8, 4) is 0 Å². The van der Waals surface area contributed by atoms with Crippen molar-refractivity contribution in [3.63, 3.8) is 0 Å². The summed E-state index contributed by atoms with van der Waals surface area (Å²) in [7, 11) is 0. The quantitative estimate of drug-likeness (QED) is 0.646. The number of aromatic nitrogens is 4. The van der Waals surface area contributed by atoms with Crippen molar-refractivity contribution < 1.29 is 0 Å². The molecule has 0 atom stereocenters. The van der Waals surface area contributed by atoms with E-state index in [4.69, 9.17) is 11.6 Å². The summed E-state index contributed by atoms with van der Waals surface area (Å²) >= 11 is 9.11. The summed E-state index contributed by atoms with van der Waals surface area (Å²) in [4.78, 5) is 9.20. The summed E-state index contributed by atoms with van der Waals surface area (Å²) in [6, 6.07) is 7.90. The lowest BCUT2D eigenvalue weighted by atomic mass is 10.2. The third kappa shape index (κ3) is 3.97. The predicted molar refractivity (Wildman–Crippen MR) is 108 cm³/mol. The van der Waals surface area contributed by atoms with Gasteiger partial charge in [-0.25, -0.2) is 4.98 Å². The summed E-state index contributed by atoms with van der Waals surface area (Å²) in [5.74, 6) is 0.934. The fourth-order valence-electron chi connectivity index (χ4n) is 2.83. The molecule has 6 nitrogen and oxygen atoms in total. The third-order valence-electron chi connectivity index (χ3n) is 4.32. The predicted octanol–water partition coefficient (Wildman–Crippen LogP) is 3.52. The van der Waals surface area contributed by atoms with E-state index in [1.54, 1.807) is 11.3 Å². The standard InChI is InChI=1S/C17H19ClN6S2/c1-2-14-19-16(26-22-14)23-7-9-24(10-8-23)17-21-20-15(25-17)11-12-3-5-13(18)6-4-12/h3-6H,2,7-11H2,1H3. The van der Waals surface area contributed by atoms with Crippen LogP contribution in [-0.4, -0.2) is 45.7 Å². The van der Waals surface area contributed by atoms with Gasteiger partial charge in [0.2, 0.25) is 10.3 Å². The Kier molecular flexibility index (Phi) is 5.33. The summed E-state index contributed by atoms with van der Waals surface area (Å²) < 4.78 is 4.38. The van der Waals surface area contributed by atoms with E-state index in [1.807, 2.05) is 24.3 Å². The SMILES string of the molecule is CCc1nsc(N2CCN(c3nnc(Cc4ccc(Cl)cc4)s3)CC2)n1. The van der Waals surface area contributed by atoms with Gasteiger partial charge in [0.1, 0.15) is 10.8 Å². The van der Waals surface area contributed by atoms with Crippen molar-refractivity contribution in [3.05, 3.63) is 45.7 Å². The number of rotatable bonds is 5. The maximum atomic E-state index is 5.94. The molecule has 1 saturated heterocycles.